The van der Waals surface area contributed by atoms with Crippen LogP contribution >= 0.6 is 0 Å². The van der Waals surface area contributed by atoms with Crippen molar-refractivity contribution in [3.63, 3.8) is 0 Å². The zero-order chi connectivity index (χ0) is 31.6. The van der Waals surface area contributed by atoms with Gasteiger partial charge in [0.1, 0.15) is 0 Å². The molecule has 4 heterocycles. The highest BCUT2D eigenvalue weighted by Gasteiger charge is 2.24. The number of nitrogens with zero attached hydrogens (tertiary/aromatic N) is 6. The van der Waals surface area contributed by atoms with Crippen LogP contribution in [0.2, 0.25) is 0 Å². The van der Waals surface area contributed by atoms with Crippen molar-refractivity contribution >= 4 is 65.9 Å². The van der Waals surface area contributed by atoms with Gasteiger partial charge < -0.3 is 4.57 Å². The second-order valence-corrected chi connectivity index (χ2v) is 12.5. The summed E-state index contributed by atoms with van der Waals surface area (Å²) in [6.45, 7) is 0. The molecule has 48 heavy (non-hydrogen) atoms. The van der Waals surface area contributed by atoms with Crippen molar-refractivity contribution in [1.82, 2.24) is 29.1 Å². The van der Waals surface area contributed by atoms with E-state index < -0.39 is 0 Å². The molecule has 8 aromatic rings. The van der Waals surface area contributed by atoms with Gasteiger partial charge in [-0.15, -0.1) is 0 Å². The van der Waals surface area contributed by atoms with Gasteiger partial charge in [-0.3, -0.25) is 4.57 Å². The molecule has 4 aromatic heterocycles. The molecule has 2 aliphatic carbocycles. The van der Waals surface area contributed by atoms with E-state index in [1.165, 1.54) is 32.9 Å². The van der Waals surface area contributed by atoms with Crippen LogP contribution in [0.15, 0.2) is 134 Å². The summed E-state index contributed by atoms with van der Waals surface area (Å²) >= 11 is 0. The van der Waals surface area contributed by atoms with Gasteiger partial charge in [0.15, 0.2) is 11.5 Å². The molecular weight excluding hydrogens is 589 g/mol. The van der Waals surface area contributed by atoms with E-state index in [2.05, 4.69) is 118 Å². The fraction of sp³-hybridized carbons (Fsp3) is 0.0952. The standard InChI is InChI=1S/C42H30N6/c1-4-14-27(15-5-1)37-34-26-43-40(28-16-6-2-7-17-28)45-41(34)46-42(44-37)48-36-23-13-11-21-31(36)33-25-24-32-30-20-10-12-22-35(30)47(38(32)39(33)48)29-18-8-3-9-19-29/h1-6,8,10-16,18,20-26H,7,9,17,19H2. The SMILES string of the molecule is C1=CCCC(c2ncc3c(-c4ccccc4)nc(-n4c5ccccc5c5ccc6c7ccccc7n(C7=CC=CCC7)c6c54)nc3n2)=C1. The van der Waals surface area contributed by atoms with Crippen LogP contribution in [-0.4, -0.2) is 29.1 Å². The lowest BCUT2D eigenvalue weighted by molar-refractivity contribution is 0.970. The van der Waals surface area contributed by atoms with Crippen molar-refractivity contribution in [3.8, 4) is 17.2 Å². The van der Waals surface area contributed by atoms with Crippen LogP contribution < -0.4 is 0 Å². The Morgan fingerprint density at radius 3 is 1.92 bits per heavy atom. The van der Waals surface area contributed by atoms with Crippen molar-refractivity contribution in [2.45, 2.75) is 25.7 Å². The second kappa shape index (κ2) is 10.7. The number of allylic oxidation sites excluding steroid dienone is 8. The number of rotatable bonds is 4. The maximum Gasteiger partial charge on any atom is 0.237 e. The van der Waals surface area contributed by atoms with Gasteiger partial charge in [0.25, 0.3) is 0 Å². The zero-order valence-corrected chi connectivity index (χ0v) is 26.2. The van der Waals surface area contributed by atoms with Crippen LogP contribution in [0.4, 0.5) is 0 Å². The third kappa shape index (κ3) is 4.05. The molecular formula is C42H30N6. The lowest BCUT2D eigenvalue weighted by Crippen LogP contribution is -2.07. The summed E-state index contributed by atoms with van der Waals surface area (Å²) in [4.78, 5) is 20.6. The second-order valence-electron chi connectivity index (χ2n) is 12.5. The van der Waals surface area contributed by atoms with E-state index in [9.17, 15) is 0 Å². The quantitative estimate of drug-likeness (QED) is 0.197. The molecule has 0 N–H and O–H groups in total. The fourth-order valence-electron chi connectivity index (χ4n) is 7.55. The van der Waals surface area contributed by atoms with Gasteiger partial charge in [0, 0.05) is 39.0 Å². The molecule has 228 valence electrons. The van der Waals surface area contributed by atoms with E-state index >= 15 is 0 Å². The van der Waals surface area contributed by atoms with E-state index in [1.54, 1.807) is 0 Å². The highest BCUT2D eigenvalue weighted by molar-refractivity contribution is 6.24. The van der Waals surface area contributed by atoms with E-state index in [0.29, 0.717) is 11.6 Å². The molecule has 0 atom stereocenters. The fourth-order valence-corrected chi connectivity index (χ4v) is 7.55. The molecule has 0 radical (unpaired) electrons. The molecule has 0 saturated carbocycles. The third-order valence-corrected chi connectivity index (χ3v) is 9.74. The van der Waals surface area contributed by atoms with Gasteiger partial charge in [-0.2, -0.15) is 4.98 Å². The van der Waals surface area contributed by atoms with Crippen LogP contribution in [-0.2, 0) is 0 Å². The summed E-state index contributed by atoms with van der Waals surface area (Å²) in [5.74, 6) is 1.31. The smallest absolute Gasteiger partial charge is 0.237 e. The minimum absolute atomic E-state index is 0.594. The molecule has 0 aliphatic heterocycles. The lowest BCUT2D eigenvalue weighted by atomic mass is 10.0. The molecule has 2 aliphatic rings. The summed E-state index contributed by atoms with van der Waals surface area (Å²) in [6, 6.07) is 32.2. The number of hydrogen-bond donors (Lipinski definition) is 0. The largest absolute Gasteiger partial charge is 0.311 e. The van der Waals surface area contributed by atoms with Gasteiger partial charge >= 0.3 is 0 Å². The summed E-state index contributed by atoms with van der Waals surface area (Å²) in [6.07, 6.45) is 18.8. The first-order valence-corrected chi connectivity index (χ1v) is 16.6. The van der Waals surface area contributed by atoms with Gasteiger partial charge in [0.05, 0.1) is 33.1 Å². The molecule has 10 rings (SSSR count). The van der Waals surface area contributed by atoms with Crippen molar-refractivity contribution in [3.05, 3.63) is 139 Å². The van der Waals surface area contributed by atoms with Crippen LogP contribution in [0.3, 0.4) is 0 Å². The Hall–Kier alpha value is -6.14. The van der Waals surface area contributed by atoms with Crippen LogP contribution in [0.1, 0.15) is 31.5 Å². The molecule has 6 nitrogen and oxygen atoms in total. The molecule has 0 saturated heterocycles. The number of fused-ring (bicyclic) bond motifs is 8. The predicted molar refractivity (Wildman–Crippen MR) is 197 cm³/mol. The van der Waals surface area contributed by atoms with Crippen LogP contribution in [0, 0.1) is 0 Å². The van der Waals surface area contributed by atoms with E-state index in [1.807, 2.05) is 24.4 Å². The number of aromatic nitrogens is 6. The Bertz CT molecular complexity index is 2720. The number of benzene rings is 4. The molecule has 0 spiro atoms. The minimum Gasteiger partial charge on any atom is -0.311 e. The molecule has 6 heteroatoms. The average Bonchev–Trinajstić information content (AvgIpc) is 3.68. The van der Waals surface area contributed by atoms with Gasteiger partial charge in [-0.1, -0.05) is 109 Å². The lowest BCUT2D eigenvalue weighted by Gasteiger charge is -2.16. The zero-order valence-electron chi connectivity index (χ0n) is 26.2. The topological polar surface area (TPSA) is 61.4 Å². The maximum absolute atomic E-state index is 5.37. The first kappa shape index (κ1) is 27.0. The van der Waals surface area contributed by atoms with Crippen LogP contribution in [0.5, 0.6) is 0 Å². The maximum atomic E-state index is 5.37. The van der Waals surface area contributed by atoms with Crippen LogP contribution in [0.25, 0.3) is 83.1 Å². The number of para-hydroxylation sites is 2. The molecule has 0 amide bonds. The molecule has 0 unspecified atom stereocenters. The Labute approximate surface area is 276 Å². The highest BCUT2D eigenvalue weighted by Crippen LogP contribution is 2.42. The average molecular weight is 619 g/mol. The Balaban J connectivity index is 1.36. The monoisotopic (exact) mass is 618 g/mol. The Kier molecular flexibility index (Phi) is 6.03. The summed E-state index contributed by atoms with van der Waals surface area (Å²) in [5.41, 5.74) is 9.38. The third-order valence-electron chi connectivity index (χ3n) is 9.74. The van der Waals surface area contributed by atoms with Crippen molar-refractivity contribution in [2.75, 3.05) is 0 Å². The normalized spacial score (nSPS) is 14.8. The van der Waals surface area contributed by atoms with E-state index in [4.69, 9.17) is 19.9 Å². The first-order valence-electron chi connectivity index (χ1n) is 16.6. The minimum atomic E-state index is 0.594. The summed E-state index contributed by atoms with van der Waals surface area (Å²) in [7, 11) is 0. The Morgan fingerprint density at radius 1 is 0.542 bits per heavy atom. The van der Waals surface area contributed by atoms with Gasteiger partial charge in [0.2, 0.25) is 5.95 Å². The predicted octanol–water partition coefficient (Wildman–Crippen LogP) is 10.2. The van der Waals surface area contributed by atoms with E-state index in [0.717, 1.165) is 70.1 Å². The van der Waals surface area contributed by atoms with Crippen molar-refractivity contribution < 1.29 is 0 Å². The number of hydrogen-bond acceptors (Lipinski definition) is 4. The molecule has 0 bridgehead atoms. The summed E-state index contributed by atoms with van der Waals surface area (Å²) in [5, 5.41) is 5.61. The Morgan fingerprint density at radius 2 is 1.21 bits per heavy atom. The molecule has 4 aromatic carbocycles. The van der Waals surface area contributed by atoms with Crippen molar-refractivity contribution in [2.24, 2.45) is 0 Å². The van der Waals surface area contributed by atoms with Crippen molar-refractivity contribution in [1.29, 1.82) is 0 Å². The van der Waals surface area contributed by atoms with Gasteiger partial charge in [-0.25, -0.2) is 15.0 Å². The van der Waals surface area contributed by atoms with Gasteiger partial charge in [-0.05, 0) is 49.5 Å². The first-order chi connectivity index (χ1) is 23.8. The summed E-state index contributed by atoms with van der Waals surface area (Å²) < 4.78 is 4.73. The highest BCUT2D eigenvalue weighted by atomic mass is 15.2. The molecule has 0 fully saturated rings. The van der Waals surface area contributed by atoms with E-state index in [-0.39, 0.29) is 0 Å².